The van der Waals surface area contributed by atoms with Gasteiger partial charge < -0.3 is 20.1 Å². The molecule has 3 aromatic carbocycles. The van der Waals surface area contributed by atoms with Crippen molar-refractivity contribution in [2.24, 2.45) is 0 Å². The molecule has 2 heterocycles. The lowest BCUT2D eigenvalue weighted by molar-refractivity contribution is -0.128. The van der Waals surface area contributed by atoms with E-state index in [0.717, 1.165) is 35.5 Å². The van der Waals surface area contributed by atoms with Gasteiger partial charge in [-0.2, -0.15) is 0 Å². The summed E-state index contributed by atoms with van der Waals surface area (Å²) in [6.45, 7) is 6.30. The molecule has 42 heavy (non-hydrogen) atoms. The monoisotopic (exact) mass is 610 g/mol. The summed E-state index contributed by atoms with van der Waals surface area (Å²) in [5.41, 5.74) is 3.98. The first-order chi connectivity index (χ1) is 20.2. The van der Waals surface area contributed by atoms with Crippen molar-refractivity contribution in [1.29, 1.82) is 0 Å². The fourth-order valence-electron chi connectivity index (χ4n) is 5.16. The highest BCUT2D eigenvalue weighted by molar-refractivity contribution is 6.42. The third-order valence-electron chi connectivity index (χ3n) is 7.34. The molecule has 0 bridgehead atoms. The van der Waals surface area contributed by atoms with Crippen LogP contribution in [0.3, 0.4) is 0 Å². The molecule has 2 unspecified atom stereocenters. The molecular weight excluding hydrogens is 579 g/mol. The van der Waals surface area contributed by atoms with Gasteiger partial charge in [0.05, 0.1) is 35.0 Å². The lowest BCUT2D eigenvalue weighted by atomic mass is 9.99. The second-order valence-electron chi connectivity index (χ2n) is 10.3. The van der Waals surface area contributed by atoms with Gasteiger partial charge in [-0.15, -0.1) is 0 Å². The molecule has 0 aliphatic carbocycles. The van der Waals surface area contributed by atoms with E-state index in [-0.39, 0.29) is 35.4 Å². The van der Waals surface area contributed by atoms with Crippen LogP contribution in [0, 0.1) is 0 Å². The minimum Gasteiger partial charge on any atom is -0.482 e. The van der Waals surface area contributed by atoms with Crippen molar-refractivity contribution >= 4 is 52.3 Å². The maximum Gasteiger partial charge on any atom is 0.265 e. The first kappa shape index (κ1) is 29.8. The van der Waals surface area contributed by atoms with Crippen molar-refractivity contribution < 1.29 is 23.9 Å². The van der Waals surface area contributed by atoms with Gasteiger partial charge in [-0.3, -0.25) is 24.2 Å². The third kappa shape index (κ3) is 6.87. The van der Waals surface area contributed by atoms with E-state index in [1.165, 1.54) is 11.8 Å². The van der Waals surface area contributed by atoms with Gasteiger partial charge in [0, 0.05) is 38.3 Å². The zero-order chi connectivity index (χ0) is 29.8. The Hall–Kier alpha value is -3.63. The van der Waals surface area contributed by atoms with Crippen molar-refractivity contribution in [3.63, 3.8) is 0 Å². The summed E-state index contributed by atoms with van der Waals surface area (Å²) < 4.78 is 11.1. The molecule has 11 heteroatoms. The third-order valence-corrected chi connectivity index (χ3v) is 8.06. The molecule has 2 atom stereocenters. The topological polar surface area (TPSA) is 100 Å². The number of benzene rings is 3. The Morgan fingerprint density at radius 3 is 2.40 bits per heavy atom. The number of hydrogen-bond donors (Lipinski definition) is 2. The normalized spacial score (nSPS) is 16.7. The minimum atomic E-state index is -0.833. The van der Waals surface area contributed by atoms with Crippen LogP contribution in [0.15, 0.2) is 60.7 Å². The second-order valence-corrected chi connectivity index (χ2v) is 11.1. The van der Waals surface area contributed by atoms with Crippen LogP contribution in [0.2, 0.25) is 10.0 Å². The summed E-state index contributed by atoms with van der Waals surface area (Å²) in [7, 11) is 0. The minimum absolute atomic E-state index is 0.132. The molecule has 2 N–H and O–H groups in total. The summed E-state index contributed by atoms with van der Waals surface area (Å²) in [4.78, 5) is 41.8. The summed E-state index contributed by atoms with van der Waals surface area (Å²) in [6.07, 6.45) is 0. The number of ether oxygens (including phenoxy) is 2. The maximum atomic E-state index is 13.7. The molecular formula is C31H32Cl2N4O5. The van der Waals surface area contributed by atoms with Gasteiger partial charge in [0.2, 0.25) is 11.8 Å². The van der Waals surface area contributed by atoms with E-state index in [4.69, 9.17) is 32.7 Å². The highest BCUT2D eigenvalue weighted by Crippen LogP contribution is 2.39. The van der Waals surface area contributed by atoms with E-state index >= 15 is 0 Å². The molecule has 3 aromatic rings. The Morgan fingerprint density at radius 1 is 0.976 bits per heavy atom. The number of morpholine rings is 1. The zero-order valence-electron chi connectivity index (χ0n) is 23.4. The van der Waals surface area contributed by atoms with Gasteiger partial charge in [-0.05, 0) is 41.8 Å². The molecule has 5 rings (SSSR count). The molecule has 220 valence electrons. The van der Waals surface area contributed by atoms with Crippen molar-refractivity contribution in [3.05, 3.63) is 76.3 Å². The van der Waals surface area contributed by atoms with E-state index < -0.39 is 6.04 Å². The first-order valence-electron chi connectivity index (χ1n) is 13.7. The number of nitrogens with one attached hydrogen (secondary N) is 2. The van der Waals surface area contributed by atoms with Gasteiger partial charge in [0.1, 0.15) is 11.8 Å². The van der Waals surface area contributed by atoms with E-state index in [9.17, 15) is 14.4 Å². The van der Waals surface area contributed by atoms with Crippen LogP contribution in [0.5, 0.6) is 5.75 Å². The van der Waals surface area contributed by atoms with Crippen molar-refractivity contribution in [1.82, 2.24) is 10.2 Å². The molecule has 0 radical (unpaired) electrons. The molecule has 2 aliphatic heterocycles. The smallest absolute Gasteiger partial charge is 0.265 e. The van der Waals surface area contributed by atoms with Gasteiger partial charge in [-0.25, -0.2) is 0 Å². The lowest BCUT2D eigenvalue weighted by Crippen LogP contribution is -2.53. The molecule has 1 saturated heterocycles. The van der Waals surface area contributed by atoms with Crippen LogP contribution < -0.4 is 20.3 Å². The predicted molar refractivity (Wildman–Crippen MR) is 163 cm³/mol. The van der Waals surface area contributed by atoms with E-state index in [2.05, 4.69) is 15.5 Å². The number of nitrogens with zero attached hydrogens (tertiary/aromatic N) is 2. The SMILES string of the molecule is CC(=O)Nc1cccc(-c2ccc(C(CN3CCOCC3)NC(=O)C(C)N3C(=O)COc4cc(Cl)c(Cl)cc43)cc2)c1. The standard InChI is InChI=1S/C31H32Cl2N4O5/c1-19(37-28-15-25(32)26(33)16-29(28)42-18-30(37)39)31(40)35-27(17-36-10-12-41-13-11-36)22-8-6-21(7-9-22)23-4-3-5-24(14-23)34-20(2)38/h3-9,14-16,19,27H,10-13,17-18H2,1-2H3,(H,34,38)(H,35,40). The van der Waals surface area contributed by atoms with Gasteiger partial charge in [0.15, 0.2) is 6.61 Å². The molecule has 2 aliphatic rings. The Morgan fingerprint density at radius 2 is 1.69 bits per heavy atom. The molecule has 0 spiro atoms. The molecule has 0 aromatic heterocycles. The fraction of sp³-hybridized carbons (Fsp3) is 0.323. The molecule has 0 saturated carbocycles. The van der Waals surface area contributed by atoms with E-state index in [1.807, 2.05) is 48.5 Å². The lowest BCUT2D eigenvalue weighted by Gasteiger charge is -2.35. The molecule has 3 amide bonds. The number of anilines is 2. The van der Waals surface area contributed by atoms with Crippen molar-refractivity contribution in [2.45, 2.75) is 25.9 Å². The Labute approximate surface area is 254 Å². The molecule has 1 fully saturated rings. The number of carbonyl (C=O) groups excluding carboxylic acids is 3. The summed E-state index contributed by atoms with van der Waals surface area (Å²) in [6, 6.07) is 17.5. The Bertz CT molecular complexity index is 1480. The van der Waals surface area contributed by atoms with Crippen LogP contribution in [0.4, 0.5) is 11.4 Å². The van der Waals surface area contributed by atoms with Gasteiger partial charge in [-0.1, -0.05) is 59.6 Å². The van der Waals surface area contributed by atoms with Gasteiger partial charge in [0.25, 0.3) is 5.91 Å². The summed E-state index contributed by atoms with van der Waals surface area (Å²) in [5, 5.41) is 6.56. The average molecular weight is 612 g/mol. The highest BCUT2D eigenvalue weighted by atomic mass is 35.5. The number of fused-ring (bicyclic) bond motifs is 1. The quantitative estimate of drug-likeness (QED) is 0.375. The zero-order valence-corrected chi connectivity index (χ0v) is 24.9. The largest absolute Gasteiger partial charge is 0.482 e. The van der Waals surface area contributed by atoms with Crippen LogP contribution in [0.1, 0.15) is 25.5 Å². The summed E-state index contributed by atoms with van der Waals surface area (Å²) >= 11 is 12.4. The number of carbonyl (C=O) groups is 3. The first-order valence-corrected chi connectivity index (χ1v) is 14.5. The van der Waals surface area contributed by atoms with Crippen LogP contribution in [-0.4, -0.2) is 68.1 Å². The fourth-order valence-corrected chi connectivity index (χ4v) is 5.48. The predicted octanol–water partition coefficient (Wildman–Crippen LogP) is 4.92. The van der Waals surface area contributed by atoms with Crippen LogP contribution >= 0.6 is 23.2 Å². The van der Waals surface area contributed by atoms with Crippen LogP contribution in [0.25, 0.3) is 11.1 Å². The average Bonchev–Trinajstić information content (AvgIpc) is 2.98. The number of rotatable bonds is 8. The number of halogens is 2. The number of amides is 3. The molecule has 9 nitrogen and oxygen atoms in total. The Balaban J connectivity index is 1.38. The maximum absolute atomic E-state index is 13.7. The van der Waals surface area contributed by atoms with Gasteiger partial charge >= 0.3 is 0 Å². The van der Waals surface area contributed by atoms with E-state index in [1.54, 1.807) is 19.1 Å². The summed E-state index contributed by atoms with van der Waals surface area (Å²) in [5.74, 6) is -0.397. The second kappa shape index (κ2) is 13.1. The van der Waals surface area contributed by atoms with E-state index in [0.29, 0.717) is 36.2 Å². The Kier molecular flexibility index (Phi) is 9.33. The highest BCUT2D eigenvalue weighted by Gasteiger charge is 2.35. The number of hydrogen-bond acceptors (Lipinski definition) is 6. The van der Waals surface area contributed by atoms with Crippen LogP contribution in [-0.2, 0) is 19.1 Å². The van der Waals surface area contributed by atoms with Crippen molar-refractivity contribution in [2.75, 3.05) is 49.7 Å². The van der Waals surface area contributed by atoms with Crippen molar-refractivity contribution in [3.8, 4) is 16.9 Å².